The summed E-state index contributed by atoms with van der Waals surface area (Å²) in [6, 6.07) is 8.91. The van der Waals surface area contributed by atoms with Crippen molar-refractivity contribution in [2.45, 2.75) is 6.92 Å². The summed E-state index contributed by atoms with van der Waals surface area (Å²) >= 11 is 5.77. The molecule has 2 rings (SSSR count). The predicted molar refractivity (Wildman–Crippen MR) is 81.7 cm³/mol. The fraction of sp³-hybridized carbons (Fsp3) is 0.0714. The van der Waals surface area contributed by atoms with E-state index in [9.17, 15) is 14.9 Å². The fourth-order valence-electron chi connectivity index (χ4n) is 1.88. The third kappa shape index (κ3) is 3.29. The lowest BCUT2D eigenvalue weighted by Crippen LogP contribution is -2.14. The number of carbonyl (C=O) groups is 1. The Kier molecular flexibility index (Phi) is 4.09. The lowest BCUT2D eigenvalue weighted by Gasteiger charge is -2.08. The monoisotopic (exact) mass is 305 g/mol. The Morgan fingerprint density at radius 2 is 2.00 bits per heavy atom. The van der Waals surface area contributed by atoms with Crippen LogP contribution in [0.3, 0.4) is 0 Å². The van der Waals surface area contributed by atoms with Crippen molar-refractivity contribution in [2.75, 3.05) is 11.1 Å². The summed E-state index contributed by atoms with van der Waals surface area (Å²) in [7, 11) is 0. The van der Waals surface area contributed by atoms with Crippen LogP contribution in [0, 0.1) is 17.0 Å². The maximum Gasteiger partial charge on any atom is 0.272 e. The molecule has 7 heteroatoms. The van der Waals surface area contributed by atoms with E-state index in [1.165, 1.54) is 30.3 Å². The van der Waals surface area contributed by atoms with E-state index in [0.29, 0.717) is 16.3 Å². The highest BCUT2D eigenvalue weighted by atomic mass is 35.5. The van der Waals surface area contributed by atoms with Crippen LogP contribution in [0.25, 0.3) is 0 Å². The van der Waals surface area contributed by atoms with Crippen molar-refractivity contribution in [1.82, 2.24) is 0 Å². The number of aryl methyl sites for hydroxylation is 1. The van der Waals surface area contributed by atoms with Crippen molar-refractivity contribution in [3.8, 4) is 0 Å². The molecule has 2 aromatic carbocycles. The molecule has 1 amide bonds. The van der Waals surface area contributed by atoms with Gasteiger partial charge in [-0.15, -0.1) is 0 Å². The molecule has 3 N–H and O–H groups in total. The molecule has 0 aliphatic heterocycles. The number of nitrogens with one attached hydrogen (secondary N) is 1. The van der Waals surface area contributed by atoms with Crippen LogP contribution < -0.4 is 11.1 Å². The van der Waals surface area contributed by atoms with Crippen molar-refractivity contribution in [2.24, 2.45) is 0 Å². The highest BCUT2D eigenvalue weighted by Crippen LogP contribution is 2.23. The van der Waals surface area contributed by atoms with Gasteiger partial charge in [0, 0.05) is 28.0 Å². The van der Waals surface area contributed by atoms with E-state index in [2.05, 4.69) is 5.32 Å². The molecule has 6 nitrogen and oxygen atoms in total. The number of anilines is 2. The number of nitrogen functional groups attached to an aromatic ring is 1. The summed E-state index contributed by atoms with van der Waals surface area (Å²) < 4.78 is 0. The molecule has 0 spiro atoms. The summed E-state index contributed by atoms with van der Waals surface area (Å²) in [5, 5.41) is 13.8. The van der Waals surface area contributed by atoms with Gasteiger partial charge in [-0.05, 0) is 37.3 Å². The Labute approximate surface area is 125 Å². The average Bonchev–Trinajstić information content (AvgIpc) is 2.37. The number of nitro benzene ring substituents is 1. The summed E-state index contributed by atoms with van der Waals surface area (Å²) in [5.41, 5.74) is 7.20. The molecule has 0 aliphatic carbocycles. The first-order valence-corrected chi connectivity index (χ1v) is 6.37. The molecular weight excluding hydrogens is 294 g/mol. The molecule has 0 radical (unpaired) electrons. The number of carbonyl (C=O) groups excluding carboxylic acids is 1. The molecule has 21 heavy (non-hydrogen) atoms. The molecule has 0 fully saturated rings. The number of halogens is 1. The SMILES string of the molecule is Cc1cc(NC(=O)c2ccc(Cl)cc2N)ccc1[N+](=O)[O-]. The minimum absolute atomic E-state index is 0.000921. The van der Waals surface area contributed by atoms with Crippen LogP contribution >= 0.6 is 11.6 Å². The molecule has 0 aromatic heterocycles. The highest BCUT2D eigenvalue weighted by Gasteiger charge is 2.13. The van der Waals surface area contributed by atoms with Gasteiger partial charge < -0.3 is 11.1 Å². The highest BCUT2D eigenvalue weighted by molar-refractivity contribution is 6.31. The van der Waals surface area contributed by atoms with Crippen molar-refractivity contribution in [3.63, 3.8) is 0 Å². The van der Waals surface area contributed by atoms with E-state index in [4.69, 9.17) is 17.3 Å². The van der Waals surface area contributed by atoms with Gasteiger partial charge in [0.25, 0.3) is 11.6 Å². The predicted octanol–water partition coefficient (Wildman–Crippen LogP) is 3.39. The number of hydrogen-bond acceptors (Lipinski definition) is 4. The molecule has 2 aromatic rings. The van der Waals surface area contributed by atoms with Crippen LogP contribution in [0.4, 0.5) is 17.1 Å². The summed E-state index contributed by atoms with van der Waals surface area (Å²) in [6.07, 6.45) is 0. The van der Waals surface area contributed by atoms with E-state index in [1.807, 2.05) is 0 Å². The van der Waals surface area contributed by atoms with Gasteiger partial charge in [-0.2, -0.15) is 0 Å². The van der Waals surface area contributed by atoms with Crippen molar-refractivity contribution in [1.29, 1.82) is 0 Å². The van der Waals surface area contributed by atoms with E-state index in [0.717, 1.165) is 0 Å². The van der Waals surface area contributed by atoms with Crippen LogP contribution in [-0.4, -0.2) is 10.8 Å². The van der Waals surface area contributed by atoms with Gasteiger partial charge in [0.15, 0.2) is 0 Å². The Balaban J connectivity index is 2.23. The Bertz CT molecular complexity index is 731. The zero-order valence-corrected chi connectivity index (χ0v) is 11.8. The minimum Gasteiger partial charge on any atom is -0.398 e. The molecular formula is C14H12ClN3O3. The Morgan fingerprint density at radius 1 is 1.29 bits per heavy atom. The van der Waals surface area contributed by atoms with E-state index >= 15 is 0 Å². The zero-order valence-electron chi connectivity index (χ0n) is 11.1. The molecule has 0 aliphatic rings. The van der Waals surface area contributed by atoms with E-state index < -0.39 is 10.8 Å². The average molecular weight is 306 g/mol. The van der Waals surface area contributed by atoms with Gasteiger partial charge in [0.05, 0.1) is 10.5 Å². The molecule has 0 atom stereocenters. The van der Waals surface area contributed by atoms with Crippen molar-refractivity contribution >= 4 is 34.6 Å². The van der Waals surface area contributed by atoms with E-state index in [-0.39, 0.29) is 16.9 Å². The van der Waals surface area contributed by atoms with Crippen LogP contribution in [0.2, 0.25) is 5.02 Å². The summed E-state index contributed by atoms with van der Waals surface area (Å²) in [4.78, 5) is 22.4. The molecule has 0 saturated heterocycles. The lowest BCUT2D eigenvalue weighted by atomic mass is 10.1. The normalized spacial score (nSPS) is 10.2. The number of nitrogens with two attached hydrogens (primary N) is 1. The molecule has 0 heterocycles. The standard InChI is InChI=1S/C14H12ClN3O3/c1-8-6-10(3-5-13(8)18(20)21)17-14(19)11-4-2-9(15)7-12(11)16/h2-7H,16H2,1H3,(H,17,19). The van der Waals surface area contributed by atoms with E-state index in [1.54, 1.807) is 13.0 Å². The third-order valence-electron chi connectivity index (χ3n) is 2.91. The molecule has 0 unspecified atom stereocenters. The number of nitro groups is 1. The van der Waals surface area contributed by atoms with Gasteiger partial charge in [-0.3, -0.25) is 14.9 Å². The maximum absolute atomic E-state index is 12.1. The first-order chi connectivity index (χ1) is 9.88. The first-order valence-electron chi connectivity index (χ1n) is 6.00. The molecule has 0 bridgehead atoms. The van der Waals surface area contributed by atoms with Crippen LogP contribution in [-0.2, 0) is 0 Å². The lowest BCUT2D eigenvalue weighted by molar-refractivity contribution is -0.385. The molecule has 0 saturated carbocycles. The minimum atomic E-state index is -0.474. The third-order valence-corrected chi connectivity index (χ3v) is 3.14. The van der Waals surface area contributed by atoms with Crippen molar-refractivity contribution in [3.05, 3.63) is 62.7 Å². The van der Waals surface area contributed by atoms with Gasteiger partial charge in [-0.1, -0.05) is 11.6 Å². The van der Waals surface area contributed by atoms with Gasteiger partial charge in [0.2, 0.25) is 0 Å². The van der Waals surface area contributed by atoms with Crippen LogP contribution in [0.15, 0.2) is 36.4 Å². The molecule has 108 valence electrons. The number of benzene rings is 2. The summed E-state index contributed by atoms with van der Waals surface area (Å²) in [6.45, 7) is 1.60. The number of rotatable bonds is 3. The first kappa shape index (κ1) is 14.8. The van der Waals surface area contributed by atoms with Crippen molar-refractivity contribution < 1.29 is 9.72 Å². The number of hydrogen-bond donors (Lipinski definition) is 2. The van der Waals surface area contributed by atoms with Gasteiger partial charge in [0.1, 0.15) is 0 Å². The second-order valence-electron chi connectivity index (χ2n) is 4.44. The number of amides is 1. The zero-order chi connectivity index (χ0) is 15.6. The smallest absolute Gasteiger partial charge is 0.272 e. The topological polar surface area (TPSA) is 98.3 Å². The van der Waals surface area contributed by atoms with Gasteiger partial charge in [-0.25, -0.2) is 0 Å². The van der Waals surface area contributed by atoms with Crippen LogP contribution in [0.1, 0.15) is 15.9 Å². The second kappa shape index (κ2) is 5.80. The number of nitrogens with zero attached hydrogens (tertiary/aromatic N) is 1. The Morgan fingerprint density at radius 3 is 2.57 bits per heavy atom. The van der Waals surface area contributed by atoms with Crippen LogP contribution in [0.5, 0.6) is 0 Å². The summed E-state index contributed by atoms with van der Waals surface area (Å²) in [5.74, 6) is -0.405. The maximum atomic E-state index is 12.1. The van der Waals surface area contributed by atoms with Gasteiger partial charge >= 0.3 is 0 Å². The Hall–Kier alpha value is -2.60. The largest absolute Gasteiger partial charge is 0.398 e. The fourth-order valence-corrected chi connectivity index (χ4v) is 2.06. The quantitative estimate of drug-likeness (QED) is 0.516. The second-order valence-corrected chi connectivity index (χ2v) is 4.88.